The third kappa shape index (κ3) is 12.1. The maximum Gasteiger partial charge on any atom is 0.351 e. The standard InChI is InChI=1S/C57H57N5O13S/c1-36-30-61(55(66)59-52(36)58-54(65)38-14-8-5-9-15-38)49-28-45(75-51(63)34-71-44-18-12-7-13-19-44)46(73-49)32-70-35-76-48-29-50(62-31-37(2)53(64)60-56(62)67)74-47(48)33-72-57(39-16-10-6-11-17-39,40-20-24-42(68-3)25-21-40)41-22-26-43(69-4)27-23-41/h5-27,30-31,45-50H,28-29,32-35H2,1-4H3,(H,60,64,67)(H,58,59,65,66)/t45-,46+,47+,48-,49+,50+/m0/s1. The first-order valence-corrected chi connectivity index (χ1v) is 25.6. The SMILES string of the molecule is COc1ccc(C(OC[C@H]2O[C@@H](n3cc(C)c(=O)[nH]c3=O)C[C@@H]2SCOC[C@H]2O[C@@H](n3cc(C)c(NC(=O)c4ccccc4)nc3=O)C[C@@H]2OC(=O)COc2ccccc2)(c2ccccc2)c2ccc(OC)cc2)cc1. The highest BCUT2D eigenvalue weighted by atomic mass is 32.2. The first-order chi connectivity index (χ1) is 36.9. The van der Waals surface area contributed by atoms with Crippen molar-refractivity contribution in [1.29, 1.82) is 0 Å². The van der Waals surface area contributed by atoms with E-state index in [-0.39, 0.29) is 43.2 Å². The van der Waals surface area contributed by atoms with Crippen molar-refractivity contribution in [2.45, 2.75) is 68.3 Å². The molecule has 18 nitrogen and oxygen atoms in total. The summed E-state index contributed by atoms with van der Waals surface area (Å²) in [5.74, 6) is 0.935. The van der Waals surface area contributed by atoms with E-state index in [1.165, 1.54) is 27.1 Å². The quantitative estimate of drug-likeness (QED) is 0.0313. The van der Waals surface area contributed by atoms with Gasteiger partial charge in [0.2, 0.25) is 0 Å². The number of aromatic amines is 1. The molecule has 0 bridgehead atoms. The molecule has 2 N–H and O–H groups in total. The molecule has 6 atom stereocenters. The van der Waals surface area contributed by atoms with Crippen LogP contribution in [0.2, 0.25) is 0 Å². The molecule has 0 aliphatic carbocycles. The van der Waals surface area contributed by atoms with Crippen LogP contribution in [-0.4, -0.2) is 94.5 Å². The molecule has 0 unspecified atom stereocenters. The Morgan fingerprint density at radius 3 is 1.92 bits per heavy atom. The number of esters is 1. The second-order valence-corrected chi connectivity index (χ2v) is 19.3. The maximum absolute atomic E-state index is 13.6. The Hall–Kier alpha value is -7.81. The number of carbonyl (C=O) groups excluding carboxylic acids is 2. The van der Waals surface area contributed by atoms with Gasteiger partial charge in [-0.25, -0.2) is 14.4 Å². The molecule has 2 aromatic heterocycles. The number of hydrogen-bond donors (Lipinski definition) is 2. The predicted molar refractivity (Wildman–Crippen MR) is 283 cm³/mol. The number of rotatable bonds is 21. The third-order valence-corrected chi connectivity index (χ3v) is 14.4. The number of thioether (sulfide) groups is 1. The molecule has 1 amide bonds. The molecule has 0 radical (unpaired) electrons. The van der Waals surface area contributed by atoms with Gasteiger partial charge in [0, 0.05) is 47.2 Å². The molecule has 0 spiro atoms. The van der Waals surface area contributed by atoms with E-state index in [2.05, 4.69) is 15.3 Å². The predicted octanol–water partition coefficient (Wildman–Crippen LogP) is 7.33. The zero-order valence-electron chi connectivity index (χ0n) is 42.2. The molecule has 2 fully saturated rings. The van der Waals surface area contributed by atoms with E-state index < -0.39 is 65.2 Å². The number of methoxy groups -OCH3 is 2. The lowest BCUT2D eigenvalue weighted by atomic mass is 9.80. The fraction of sp³-hybridized carbons (Fsp3) is 0.298. The summed E-state index contributed by atoms with van der Waals surface area (Å²) >= 11 is 1.43. The van der Waals surface area contributed by atoms with Gasteiger partial charge in [-0.05, 0) is 79.1 Å². The molecule has 394 valence electrons. The van der Waals surface area contributed by atoms with Crippen molar-refractivity contribution in [2.75, 3.05) is 45.3 Å². The molecule has 2 aliphatic heterocycles. The number of anilines is 1. The summed E-state index contributed by atoms with van der Waals surface area (Å²) in [4.78, 5) is 72.3. The van der Waals surface area contributed by atoms with Crippen molar-refractivity contribution in [1.82, 2.24) is 19.1 Å². The summed E-state index contributed by atoms with van der Waals surface area (Å²) in [5.41, 5.74) is 0.734. The largest absolute Gasteiger partial charge is 0.497 e. The summed E-state index contributed by atoms with van der Waals surface area (Å²) < 4.78 is 52.2. The average molecular weight is 1050 g/mol. The number of nitrogens with zero attached hydrogens (tertiary/aromatic N) is 3. The van der Waals surface area contributed by atoms with Crippen molar-refractivity contribution < 1.29 is 47.5 Å². The number of para-hydroxylation sites is 1. The molecule has 2 saturated heterocycles. The molecule has 9 rings (SSSR count). The summed E-state index contributed by atoms with van der Waals surface area (Å²) in [6, 6.07) is 42.6. The van der Waals surface area contributed by atoms with E-state index >= 15 is 0 Å². The monoisotopic (exact) mass is 1050 g/mol. The van der Waals surface area contributed by atoms with Crippen LogP contribution in [0.25, 0.3) is 0 Å². The average Bonchev–Trinajstić information content (AvgIpc) is 4.06. The molecule has 5 aromatic carbocycles. The summed E-state index contributed by atoms with van der Waals surface area (Å²) in [7, 11) is 3.22. The van der Waals surface area contributed by atoms with Crippen LogP contribution in [0.3, 0.4) is 0 Å². The van der Waals surface area contributed by atoms with Gasteiger partial charge >= 0.3 is 17.3 Å². The molecule has 2 aliphatic rings. The lowest BCUT2D eigenvalue weighted by Crippen LogP contribution is -2.38. The fourth-order valence-corrected chi connectivity index (χ4v) is 10.3. The topological polar surface area (TPSA) is 210 Å². The minimum Gasteiger partial charge on any atom is -0.497 e. The smallest absolute Gasteiger partial charge is 0.351 e. The van der Waals surface area contributed by atoms with E-state index in [4.69, 9.17) is 37.9 Å². The van der Waals surface area contributed by atoms with Crippen LogP contribution in [0.1, 0.15) is 63.5 Å². The number of nitrogens with one attached hydrogen (secondary N) is 2. The van der Waals surface area contributed by atoms with Crippen LogP contribution in [0.4, 0.5) is 5.82 Å². The highest BCUT2D eigenvalue weighted by Gasteiger charge is 2.44. The molecule has 4 heterocycles. The number of benzene rings is 5. The molecular formula is C57H57N5O13S. The number of H-pyrrole nitrogens is 1. The van der Waals surface area contributed by atoms with Crippen LogP contribution in [0, 0.1) is 13.8 Å². The van der Waals surface area contributed by atoms with E-state index in [9.17, 15) is 24.0 Å². The molecule has 19 heteroatoms. The number of carbonyl (C=O) groups is 2. The first kappa shape index (κ1) is 53.0. The third-order valence-electron chi connectivity index (χ3n) is 13.2. The van der Waals surface area contributed by atoms with Crippen LogP contribution in [0.15, 0.2) is 166 Å². The van der Waals surface area contributed by atoms with E-state index in [1.54, 1.807) is 88.9 Å². The Kier molecular flexibility index (Phi) is 16.9. The van der Waals surface area contributed by atoms with Crippen molar-refractivity contribution >= 4 is 29.5 Å². The second-order valence-electron chi connectivity index (χ2n) is 18.1. The maximum atomic E-state index is 13.6. The van der Waals surface area contributed by atoms with Crippen molar-refractivity contribution in [3.8, 4) is 17.2 Å². The van der Waals surface area contributed by atoms with Crippen LogP contribution in [0.5, 0.6) is 17.2 Å². The number of ether oxygens (including phenoxy) is 8. The van der Waals surface area contributed by atoms with Gasteiger partial charge in [-0.1, -0.05) is 91.0 Å². The Morgan fingerprint density at radius 2 is 1.28 bits per heavy atom. The van der Waals surface area contributed by atoms with Gasteiger partial charge in [0.05, 0.1) is 39.5 Å². The van der Waals surface area contributed by atoms with Crippen LogP contribution < -0.4 is 36.5 Å². The summed E-state index contributed by atoms with van der Waals surface area (Å²) in [6.45, 7) is 2.92. The molecule has 76 heavy (non-hydrogen) atoms. The van der Waals surface area contributed by atoms with Crippen LogP contribution in [-0.2, 0) is 34.1 Å². The molecule has 0 saturated carbocycles. The van der Waals surface area contributed by atoms with Crippen molar-refractivity contribution in [3.05, 3.63) is 217 Å². The minimum atomic E-state index is -1.18. The van der Waals surface area contributed by atoms with Gasteiger partial charge in [0.25, 0.3) is 11.5 Å². The van der Waals surface area contributed by atoms with E-state index in [0.717, 1.165) is 16.7 Å². The number of amides is 1. The van der Waals surface area contributed by atoms with E-state index in [0.29, 0.717) is 40.4 Å². The van der Waals surface area contributed by atoms with Crippen molar-refractivity contribution in [3.63, 3.8) is 0 Å². The normalized spacial score (nSPS) is 19.2. The van der Waals surface area contributed by atoms with E-state index in [1.807, 2.05) is 84.9 Å². The Morgan fingerprint density at radius 1 is 0.697 bits per heavy atom. The van der Waals surface area contributed by atoms with Gasteiger partial charge in [-0.15, -0.1) is 11.8 Å². The highest BCUT2D eigenvalue weighted by Crippen LogP contribution is 2.44. The summed E-state index contributed by atoms with van der Waals surface area (Å²) in [6.07, 6.45) is -0.605. The van der Waals surface area contributed by atoms with Crippen molar-refractivity contribution in [2.24, 2.45) is 0 Å². The Bertz CT molecular complexity index is 3220. The summed E-state index contributed by atoms with van der Waals surface area (Å²) in [5, 5.41) is 2.38. The van der Waals surface area contributed by atoms with Gasteiger partial charge < -0.3 is 43.2 Å². The fourth-order valence-electron chi connectivity index (χ4n) is 9.25. The zero-order chi connectivity index (χ0) is 53.2. The lowest BCUT2D eigenvalue weighted by molar-refractivity contribution is -0.156. The second kappa shape index (κ2) is 24.2. The Balaban J connectivity index is 0.954. The number of hydrogen-bond acceptors (Lipinski definition) is 15. The molecular weight excluding hydrogens is 995 g/mol. The zero-order valence-corrected chi connectivity index (χ0v) is 43.0. The van der Waals surface area contributed by atoms with Gasteiger partial charge in [-0.3, -0.25) is 23.7 Å². The lowest BCUT2D eigenvalue weighted by Gasteiger charge is -2.37. The van der Waals surface area contributed by atoms with Gasteiger partial charge in [0.15, 0.2) is 6.61 Å². The Labute approximate surface area is 441 Å². The molecule has 7 aromatic rings. The number of aryl methyl sites for hydroxylation is 2. The van der Waals surface area contributed by atoms with Gasteiger partial charge in [0.1, 0.15) is 53.3 Å². The first-order valence-electron chi connectivity index (χ1n) is 24.6. The number of aromatic nitrogens is 4. The van der Waals surface area contributed by atoms with Crippen LogP contribution >= 0.6 is 11.8 Å². The van der Waals surface area contributed by atoms with Gasteiger partial charge in [-0.2, -0.15) is 4.98 Å². The highest BCUT2D eigenvalue weighted by molar-refractivity contribution is 7.99. The minimum absolute atomic E-state index is 0.0334.